The van der Waals surface area contributed by atoms with Crippen LogP contribution in [0.4, 0.5) is 0 Å². The zero-order valence-electron chi connectivity index (χ0n) is 18.9. The molecule has 0 fully saturated rings. The van der Waals surface area contributed by atoms with Crippen LogP contribution in [-0.2, 0) is 19.1 Å². The highest BCUT2D eigenvalue weighted by molar-refractivity contribution is 5.72. The van der Waals surface area contributed by atoms with E-state index in [0.717, 1.165) is 19.3 Å². The van der Waals surface area contributed by atoms with Gasteiger partial charge in [0.2, 0.25) is 0 Å². The van der Waals surface area contributed by atoms with Gasteiger partial charge in [-0.05, 0) is 18.8 Å². The predicted molar refractivity (Wildman–Crippen MR) is 116 cm³/mol. The molecule has 0 N–H and O–H groups in total. The van der Waals surface area contributed by atoms with Gasteiger partial charge in [-0.3, -0.25) is 9.59 Å². The van der Waals surface area contributed by atoms with Crippen molar-refractivity contribution in [3.8, 4) is 0 Å². The maximum atomic E-state index is 11.7. The van der Waals surface area contributed by atoms with Crippen LogP contribution >= 0.6 is 0 Å². The van der Waals surface area contributed by atoms with Crippen LogP contribution in [0.5, 0.6) is 0 Å². The van der Waals surface area contributed by atoms with Gasteiger partial charge in [0.05, 0.1) is 13.2 Å². The highest BCUT2D eigenvalue weighted by atomic mass is 16.5. The Kier molecular flexibility index (Phi) is 19.9. The summed E-state index contributed by atoms with van der Waals surface area (Å²) in [6.45, 7) is 7.37. The van der Waals surface area contributed by atoms with Gasteiger partial charge in [0.25, 0.3) is 0 Å². The van der Waals surface area contributed by atoms with Gasteiger partial charge in [-0.1, -0.05) is 97.8 Å². The Balaban J connectivity index is 3.30. The van der Waals surface area contributed by atoms with Crippen molar-refractivity contribution in [3.05, 3.63) is 0 Å². The summed E-state index contributed by atoms with van der Waals surface area (Å²) in [5, 5.41) is 0. The SMILES string of the molecule is CCCCCCCCCCCCCCOC(=O)CCCC(=O)OCC(C)CC. The summed E-state index contributed by atoms with van der Waals surface area (Å²) in [5.41, 5.74) is 0. The highest BCUT2D eigenvalue weighted by Crippen LogP contribution is 2.12. The molecule has 0 aromatic rings. The van der Waals surface area contributed by atoms with Crippen molar-refractivity contribution in [2.24, 2.45) is 5.92 Å². The van der Waals surface area contributed by atoms with Gasteiger partial charge < -0.3 is 9.47 Å². The van der Waals surface area contributed by atoms with Gasteiger partial charge in [0, 0.05) is 12.8 Å². The van der Waals surface area contributed by atoms with Crippen LogP contribution in [-0.4, -0.2) is 25.2 Å². The lowest BCUT2D eigenvalue weighted by Crippen LogP contribution is -2.12. The van der Waals surface area contributed by atoms with Crippen molar-refractivity contribution in [1.82, 2.24) is 0 Å². The van der Waals surface area contributed by atoms with E-state index < -0.39 is 0 Å². The minimum absolute atomic E-state index is 0.196. The molecule has 0 aliphatic heterocycles. The first-order chi connectivity index (χ1) is 13.6. The summed E-state index contributed by atoms with van der Waals surface area (Å²) in [7, 11) is 0. The predicted octanol–water partition coefficient (Wildman–Crippen LogP) is 6.99. The molecule has 166 valence electrons. The van der Waals surface area contributed by atoms with Crippen molar-refractivity contribution in [2.45, 2.75) is 124 Å². The molecule has 0 aliphatic carbocycles. The number of carbonyl (C=O) groups excluding carboxylic acids is 2. The Morgan fingerprint density at radius 2 is 1.11 bits per heavy atom. The molecule has 0 saturated heterocycles. The summed E-state index contributed by atoms with van der Waals surface area (Å²) in [6, 6.07) is 0. The molecule has 0 radical (unpaired) electrons. The average Bonchev–Trinajstić information content (AvgIpc) is 2.69. The third-order valence-electron chi connectivity index (χ3n) is 5.25. The van der Waals surface area contributed by atoms with Crippen molar-refractivity contribution in [3.63, 3.8) is 0 Å². The number of hydrogen-bond donors (Lipinski definition) is 0. The van der Waals surface area contributed by atoms with E-state index in [1.165, 1.54) is 64.2 Å². The number of unbranched alkanes of at least 4 members (excludes halogenated alkanes) is 11. The van der Waals surface area contributed by atoms with Gasteiger partial charge in [-0.15, -0.1) is 0 Å². The third-order valence-corrected chi connectivity index (χ3v) is 5.25. The molecule has 0 spiro atoms. The zero-order valence-corrected chi connectivity index (χ0v) is 18.9. The second-order valence-electron chi connectivity index (χ2n) is 8.16. The Bertz CT molecular complexity index is 368. The van der Waals surface area contributed by atoms with Gasteiger partial charge in [-0.2, -0.15) is 0 Å². The van der Waals surface area contributed by atoms with Crippen LogP contribution < -0.4 is 0 Å². The molecule has 0 amide bonds. The number of hydrogen-bond acceptors (Lipinski definition) is 4. The van der Waals surface area contributed by atoms with Crippen LogP contribution in [0.1, 0.15) is 124 Å². The van der Waals surface area contributed by atoms with Crippen molar-refractivity contribution >= 4 is 11.9 Å². The highest BCUT2D eigenvalue weighted by Gasteiger charge is 2.08. The quantitative estimate of drug-likeness (QED) is 0.164. The molecule has 0 heterocycles. The molecule has 1 atom stereocenters. The fraction of sp³-hybridized carbons (Fsp3) is 0.917. The normalized spacial score (nSPS) is 12.0. The fourth-order valence-electron chi connectivity index (χ4n) is 3.00. The lowest BCUT2D eigenvalue weighted by Gasteiger charge is -2.09. The Hall–Kier alpha value is -1.06. The van der Waals surface area contributed by atoms with Crippen LogP contribution in [0.2, 0.25) is 0 Å². The maximum absolute atomic E-state index is 11.7. The third kappa shape index (κ3) is 19.7. The van der Waals surface area contributed by atoms with Crippen molar-refractivity contribution in [1.29, 1.82) is 0 Å². The largest absolute Gasteiger partial charge is 0.466 e. The molecular weight excluding hydrogens is 352 g/mol. The van der Waals surface area contributed by atoms with Gasteiger partial charge in [0.1, 0.15) is 0 Å². The van der Waals surface area contributed by atoms with Gasteiger partial charge in [0.15, 0.2) is 0 Å². The van der Waals surface area contributed by atoms with Crippen LogP contribution in [0.3, 0.4) is 0 Å². The minimum atomic E-state index is -0.214. The Morgan fingerprint density at radius 1 is 0.643 bits per heavy atom. The monoisotopic (exact) mass is 398 g/mol. The molecule has 0 aliphatic rings. The number of carbonyl (C=O) groups is 2. The zero-order chi connectivity index (χ0) is 20.9. The maximum Gasteiger partial charge on any atom is 0.305 e. The lowest BCUT2D eigenvalue weighted by molar-refractivity contribution is -0.146. The first kappa shape index (κ1) is 26.9. The summed E-state index contributed by atoms with van der Waals surface area (Å²) in [4.78, 5) is 23.2. The topological polar surface area (TPSA) is 52.6 Å². The lowest BCUT2D eigenvalue weighted by atomic mass is 10.1. The molecule has 4 heteroatoms. The number of rotatable bonds is 20. The average molecular weight is 399 g/mol. The van der Waals surface area contributed by atoms with E-state index in [2.05, 4.69) is 20.8 Å². The summed E-state index contributed by atoms with van der Waals surface area (Å²) in [5.74, 6) is -0.0173. The van der Waals surface area contributed by atoms with E-state index >= 15 is 0 Å². The van der Waals surface area contributed by atoms with E-state index in [4.69, 9.17) is 9.47 Å². The Morgan fingerprint density at radius 3 is 1.61 bits per heavy atom. The molecule has 0 aromatic carbocycles. The van der Waals surface area contributed by atoms with Crippen molar-refractivity contribution in [2.75, 3.05) is 13.2 Å². The summed E-state index contributed by atoms with van der Waals surface area (Å²) < 4.78 is 10.4. The molecule has 0 bridgehead atoms. The first-order valence-electron chi connectivity index (χ1n) is 11.9. The van der Waals surface area contributed by atoms with E-state index in [0.29, 0.717) is 38.4 Å². The number of ether oxygens (including phenoxy) is 2. The van der Waals surface area contributed by atoms with E-state index in [-0.39, 0.29) is 11.9 Å². The van der Waals surface area contributed by atoms with Gasteiger partial charge >= 0.3 is 11.9 Å². The second-order valence-corrected chi connectivity index (χ2v) is 8.16. The number of esters is 2. The Labute approximate surface area is 174 Å². The van der Waals surface area contributed by atoms with Crippen LogP contribution in [0.25, 0.3) is 0 Å². The molecule has 0 aromatic heterocycles. The van der Waals surface area contributed by atoms with Crippen molar-refractivity contribution < 1.29 is 19.1 Å². The molecule has 0 saturated carbocycles. The molecule has 1 unspecified atom stereocenters. The molecule has 28 heavy (non-hydrogen) atoms. The molecular formula is C24H46O4. The fourth-order valence-corrected chi connectivity index (χ4v) is 3.00. The standard InChI is InChI=1S/C24H46O4/c1-4-6-7-8-9-10-11-12-13-14-15-16-20-27-23(25)18-17-19-24(26)28-21-22(3)5-2/h22H,4-21H2,1-3H3. The van der Waals surface area contributed by atoms with Crippen LogP contribution in [0, 0.1) is 5.92 Å². The van der Waals surface area contributed by atoms with Gasteiger partial charge in [-0.25, -0.2) is 0 Å². The van der Waals surface area contributed by atoms with E-state index in [9.17, 15) is 9.59 Å². The first-order valence-corrected chi connectivity index (χ1v) is 11.9. The molecule has 0 rings (SSSR count). The minimum Gasteiger partial charge on any atom is -0.466 e. The second kappa shape index (κ2) is 20.7. The smallest absolute Gasteiger partial charge is 0.305 e. The summed E-state index contributed by atoms with van der Waals surface area (Å²) in [6.07, 6.45) is 17.7. The van der Waals surface area contributed by atoms with Crippen LogP contribution in [0.15, 0.2) is 0 Å². The molecule has 4 nitrogen and oxygen atoms in total. The summed E-state index contributed by atoms with van der Waals surface area (Å²) >= 11 is 0. The van der Waals surface area contributed by atoms with E-state index in [1.54, 1.807) is 0 Å². The van der Waals surface area contributed by atoms with E-state index in [1.807, 2.05) is 0 Å².